The minimum Gasteiger partial charge on any atom is -0.508 e. The van der Waals surface area contributed by atoms with Crippen LogP contribution < -0.4 is 4.74 Å². The number of ether oxygens (including phenoxy) is 1. The van der Waals surface area contributed by atoms with Crippen LogP contribution in [0.1, 0.15) is 15.9 Å². The number of phenolic OH excluding ortho intramolecular Hbond substituents is 2. The Kier molecular flexibility index (Phi) is 3.71. The minimum absolute atomic E-state index is 0.00341. The van der Waals surface area contributed by atoms with Gasteiger partial charge in [-0.05, 0) is 35.9 Å². The van der Waals surface area contributed by atoms with Gasteiger partial charge in [-0.25, -0.2) is 0 Å². The van der Waals surface area contributed by atoms with Crippen LogP contribution in [0.5, 0.6) is 17.2 Å². The van der Waals surface area contributed by atoms with Crippen molar-refractivity contribution in [1.82, 2.24) is 0 Å². The highest BCUT2D eigenvalue weighted by atomic mass is 16.5. The molecule has 2 N–H and O–H groups in total. The van der Waals surface area contributed by atoms with Crippen molar-refractivity contribution in [2.45, 2.75) is 6.42 Å². The molecule has 2 aromatic rings. The molecular formula is C15H14O4. The second-order valence-electron chi connectivity index (χ2n) is 4.15. The highest BCUT2D eigenvalue weighted by Crippen LogP contribution is 2.26. The van der Waals surface area contributed by atoms with E-state index < -0.39 is 0 Å². The maximum Gasteiger partial charge on any atom is 0.167 e. The lowest BCUT2D eigenvalue weighted by Gasteiger charge is -2.06. The average Bonchev–Trinajstić information content (AvgIpc) is 2.42. The molecule has 0 saturated heterocycles. The van der Waals surface area contributed by atoms with E-state index in [9.17, 15) is 15.0 Å². The summed E-state index contributed by atoms with van der Waals surface area (Å²) in [5, 5.41) is 18.7. The molecule has 0 heterocycles. The minimum atomic E-state index is -0.0796. The van der Waals surface area contributed by atoms with Crippen LogP contribution in [0.25, 0.3) is 0 Å². The van der Waals surface area contributed by atoms with Gasteiger partial charge in [-0.15, -0.1) is 0 Å². The van der Waals surface area contributed by atoms with Gasteiger partial charge in [-0.1, -0.05) is 12.1 Å². The third-order valence-electron chi connectivity index (χ3n) is 2.80. The van der Waals surface area contributed by atoms with Gasteiger partial charge in [0, 0.05) is 12.0 Å². The summed E-state index contributed by atoms with van der Waals surface area (Å²) >= 11 is 0. The average molecular weight is 258 g/mol. The maximum absolute atomic E-state index is 12.1. The van der Waals surface area contributed by atoms with Gasteiger partial charge in [-0.2, -0.15) is 0 Å². The molecule has 2 aromatic carbocycles. The molecule has 4 nitrogen and oxygen atoms in total. The Labute approximate surface area is 110 Å². The molecule has 0 radical (unpaired) electrons. The number of rotatable bonds is 4. The largest absolute Gasteiger partial charge is 0.508 e. The van der Waals surface area contributed by atoms with Gasteiger partial charge in [-0.3, -0.25) is 4.79 Å². The summed E-state index contributed by atoms with van der Waals surface area (Å²) in [5.41, 5.74) is 1.29. The van der Waals surface area contributed by atoms with E-state index in [0.29, 0.717) is 5.56 Å². The van der Waals surface area contributed by atoms with Gasteiger partial charge in [0.1, 0.15) is 5.75 Å². The van der Waals surface area contributed by atoms with Crippen molar-refractivity contribution in [1.29, 1.82) is 0 Å². The predicted octanol–water partition coefficient (Wildman–Crippen LogP) is 2.53. The highest BCUT2D eigenvalue weighted by Gasteiger charge is 2.10. The molecule has 0 spiro atoms. The number of hydrogen-bond acceptors (Lipinski definition) is 4. The molecule has 0 bridgehead atoms. The van der Waals surface area contributed by atoms with Gasteiger partial charge in [0.2, 0.25) is 0 Å². The molecule has 0 saturated carbocycles. The van der Waals surface area contributed by atoms with Gasteiger partial charge in [0.15, 0.2) is 17.3 Å². The number of Topliss-reactive ketones (excluding diaryl/α,β-unsaturated/α-hetero) is 1. The first kappa shape index (κ1) is 13.0. The van der Waals surface area contributed by atoms with Crippen LogP contribution in [0.3, 0.4) is 0 Å². The summed E-state index contributed by atoms with van der Waals surface area (Å²) in [6.07, 6.45) is 0.230. The van der Waals surface area contributed by atoms with Crippen LogP contribution in [0.4, 0.5) is 0 Å². The zero-order chi connectivity index (χ0) is 13.8. The van der Waals surface area contributed by atoms with Gasteiger partial charge in [0.25, 0.3) is 0 Å². The zero-order valence-corrected chi connectivity index (χ0v) is 10.5. The predicted molar refractivity (Wildman–Crippen MR) is 70.8 cm³/mol. The van der Waals surface area contributed by atoms with Gasteiger partial charge < -0.3 is 14.9 Å². The number of benzene rings is 2. The molecule has 4 heteroatoms. The van der Waals surface area contributed by atoms with Crippen molar-refractivity contribution in [3.05, 3.63) is 53.6 Å². The summed E-state index contributed by atoms with van der Waals surface area (Å²) in [4.78, 5) is 12.1. The van der Waals surface area contributed by atoms with E-state index in [1.807, 2.05) is 0 Å². The van der Waals surface area contributed by atoms with E-state index in [0.717, 1.165) is 5.56 Å². The number of carbonyl (C=O) groups is 1. The van der Waals surface area contributed by atoms with Crippen LogP contribution in [0.15, 0.2) is 42.5 Å². The Morgan fingerprint density at radius 3 is 2.42 bits per heavy atom. The molecule has 0 aromatic heterocycles. The first-order valence-corrected chi connectivity index (χ1v) is 5.78. The Bertz CT molecular complexity index is 588. The van der Waals surface area contributed by atoms with Crippen molar-refractivity contribution in [3.8, 4) is 17.2 Å². The standard InChI is InChI=1S/C15H14O4/c1-19-15-9-11(4-7-13(15)17)14(18)8-10-2-5-12(16)6-3-10/h2-7,9,16-17H,8H2,1H3. The van der Waals surface area contributed by atoms with Crippen molar-refractivity contribution < 1.29 is 19.7 Å². The number of carbonyl (C=O) groups excluding carboxylic acids is 1. The van der Waals surface area contributed by atoms with Crippen LogP contribution in [-0.4, -0.2) is 23.1 Å². The molecule has 2 rings (SSSR count). The Hall–Kier alpha value is -2.49. The SMILES string of the molecule is COc1cc(C(=O)Cc2ccc(O)cc2)ccc1O. The number of aromatic hydroxyl groups is 2. The summed E-state index contributed by atoms with van der Waals surface area (Å²) < 4.78 is 4.97. The Balaban J connectivity index is 2.18. The number of phenols is 2. The normalized spacial score (nSPS) is 10.2. The second kappa shape index (κ2) is 5.44. The molecule has 0 fully saturated rings. The van der Waals surface area contributed by atoms with E-state index in [1.165, 1.54) is 19.2 Å². The van der Waals surface area contributed by atoms with Gasteiger partial charge in [0.05, 0.1) is 7.11 Å². The van der Waals surface area contributed by atoms with Crippen LogP contribution in [0.2, 0.25) is 0 Å². The first-order valence-electron chi connectivity index (χ1n) is 5.78. The lowest BCUT2D eigenvalue weighted by atomic mass is 10.0. The quantitative estimate of drug-likeness (QED) is 0.827. The third kappa shape index (κ3) is 3.04. The fraction of sp³-hybridized carbons (Fsp3) is 0.133. The molecule has 0 aliphatic rings. The fourth-order valence-corrected chi connectivity index (χ4v) is 1.75. The monoisotopic (exact) mass is 258 g/mol. The van der Waals surface area contributed by atoms with Crippen LogP contribution in [0, 0.1) is 0 Å². The maximum atomic E-state index is 12.1. The molecule has 0 atom stereocenters. The first-order chi connectivity index (χ1) is 9.10. The van der Waals surface area contributed by atoms with Gasteiger partial charge >= 0.3 is 0 Å². The van der Waals surface area contributed by atoms with Crippen molar-refractivity contribution in [3.63, 3.8) is 0 Å². The van der Waals surface area contributed by atoms with E-state index in [4.69, 9.17) is 4.74 Å². The Morgan fingerprint density at radius 2 is 1.79 bits per heavy atom. The Morgan fingerprint density at radius 1 is 1.11 bits per heavy atom. The van der Waals surface area contributed by atoms with E-state index >= 15 is 0 Å². The van der Waals surface area contributed by atoms with E-state index in [1.54, 1.807) is 30.3 Å². The van der Waals surface area contributed by atoms with E-state index in [2.05, 4.69) is 0 Å². The second-order valence-corrected chi connectivity index (χ2v) is 4.15. The molecular weight excluding hydrogens is 244 g/mol. The summed E-state index contributed by atoms with van der Waals surface area (Å²) in [6.45, 7) is 0. The van der Waals surface area contributed by atoms with Crippen molar-refractivity contribution in [2.24, 2.45) is 0 Å². The molecule has 0 amide bonds. The fourth-order valence-electron chi connectivity index (χ4n) is 1.75. The lowest BCUT2D eigenvalue weighted by molar-refractivity contribution is 0.0992. The third-order valence-corrected chi connectivity index (χ3v) is 2.80. The summed E-state index contributed by atoms with van der Waals surface area (Å²) in [5.74, 6) is 0.367. The molecule has 0 unspecified atom stereocenters. The number of hydrogen-bond donors (Lipinski definition) is 2. The topological polar surface area (TPSA) is 66.8 Å². The smallest absolute Gasteiger partial charge is 0.167 e. The molecule has 98 valence electrons. The summed E-state index contributed by atoms with van der Waals surface area (Å²) in [7, 11) is 1.43. The number of methoxy groups -OCH3 is 1. The van der Waals surface area contributed by atoms with Crippen LogP contribution >= 0.6 is 0 Å². The number of ketones is 1. The van der Waals surface area contributed by atoms with Crippen LogP contribution in [-0.2, 0) is 6.42 Å². The molecule has 19 heavy (non-hydrogen) atoms. The van der Waals surface area contributed by atoms with E-state index in [-0.39, 0.29) is 29.5 Å². The molecule has 0 aliphatic carbocycles. The lowest BCUT2D eigenvalue weighted by Crippen LogP contribution is -2.03. The summed E-state index contributed by atoms with van der Waals surface area (Å²) in [6, 6.07) is 11.0. The highest BCUT2D eigenvalue weighted by molar-refractivity contribution is 5.98. The van der Waals surface area contributed by atoms with Crippen molar-refractivity contribution >= 4 is 5.78 Å². The van der Waals surface area contributed by atoms with Crippen molar-refractivity contribution in [2.75, 3.05) is 7.11 Å². The zero-order valence-electron chi connectivity index (χ0n) is 10.5. The molecule has 0 aliphatic heterocycles.